The van der Waals surface area contributed by atoms with Gasteiger partial charge in [0.05, 0.1) is 12.2 Å². The zero-order chi connectivity index (χ0) is 15.7. The van der Waals surface area contributed by atoms with E-state index in [0.717, 1.165) is 37.5 Å². The number of fused-ring (bicyclic) bond motifs is 5. The molecule has 22 heavy (non-hydrogen) atoms. The molecule has 0 aromatic rings. The molecule has 0 radical (unpaired) electrons. The highest BCUT2D eigenvalue weighted by molar-refractivity contribution is 5.26. The van der Waals surface area contributed by atoms with Gasteiger partial charge in [-0.25, -0.2) is 0 Å². The number of hydrogen-bond acceptors (Lipinski definition) is 2. The molecule has 3 saturated carbocycles. The molecule has 0 heterocycles. The molecule has 4 aliphatic carbocycles. The number of rotatable bonds is 0. The standard InChI is InChI=1S/C20H32O2/c1-12-10-13-11-14(21)6-8-19(13,2)16-7-9-20(3)15(18(12)16)4-5-17(20)22/h10,12,14-18,21-22H,4-9,11H2,1-3H3/t12-,14+,15+,16+,17+,18+,19+,20+/m1/s1. The van der Waals surface area contributed by atoms with Gasteiger partial charge in [-0.15, -0.1) is 0 Å². The van der Waals surface area contributed by atoms with E-state index >= 15 is 0 Å². The minimum absolute atomic E-state index is 0.0861. The largest absolute Gasteiger partial charge is 0.393 e. The summed E-state index contributed by atoms with van der Waals surface area (Å²) < 4.78 is 0. The van der Waals surface area contributed by atoms with Gasteiger partial charge in [-0.2, -0.15) is 0 Å². The van der Waals surface area contributed by atoms with E-state index in [1.807, 2.05) is 0 Å². The highest BCUT2D eigenvalue weighted by atomic mass is 16.3. The maximum absolute atomic E-state index is 10.5. The zero-order valence-corrected chi connectivity index (χ0v) is 14.4. The lowest BCUT2D eigenvalue weighted by Crippen LogP contribution is -2.53. The molecule has 4 rings (SSSR count). The first-order chi connectivity index (χ1) is 10.4. The first kappa shape index (κ1) is 15.2. The minimum atomic E-state index is -0.120. The van der Waals surface area contributed by atoms with Crippen LogP contribution in [0.1, 0.15) is 65.7 Å². The molecule has 4 aliphatic rings. The van der Waals surface area contributed by atoms with Crippen molar-refractivity contribution in [3.8, 4) is 0 Å². The molecule has 2 nitrogen and oxygen atoms in total. The van der Waals surface area contributed by atoms with Gasteiger partial charge in [0.25, 0.3) is 0 Å². The van der Waals surface area contributed by atoms with E-state index in [9.17, 15) is 10.2 Å². The van der Waals surface area contributed by atoms with Crippen molar-refractivity contribution in [2.24, 2.45) is 34.5 Å². The maximum atomic E-state index is 10.5. The Morgan fingerprint density at radius 2 is 1.77 bits per heavy atom. The third-order valence-electron chi connectivity index (χ3n) is 8.36. The molecule has 0 bridgehead atoms. The summed E-state index contributed by atoms with van der Waals surface area (Å²) in [5.74, 6) is 2.80. The lowest BCUT2D eigenvalue weighted by Gasteiger charge is -2.59. The van der Waals surface area contributed by atoms with Crippen molar-refractivity contribution >= 4 is 0 Å². The van der Waals surface area contributed by atoms with Gasteiger partial charge in [-0.1, -0.05) is 32.4 Å². The molecule has 0 aromatic carbocycles. The molecule has 3 fully saturated rings. The molecule has 0 unspecified atom stereocenters. The fourth-order valence-electron chi connectivity index (χ4n) is 6.97. The van der Waals surface area contributed by atoms with Gasteiger partial charge >= 0.3 is 0 Å². The Bertz CT molecular complexity index is 498. The molecular weight excluding hydrogens is 272 g/mol. The van der Waals surface area contributed by atoms with Crippen LogP contribution in [0.25, 0.3) is 0 Å². The predicted molar refractivity (Wildman–Crippen MR) is 88.3 cm³/mol. The van der Waals surface area contributed by atoms with Crippen LogP contribution in [0.5, 0.6) is 0 Å². The molecular formula is C20H32O2. The highest BCUT2D eigenvalue weighted by Gasteiger charge is 2.59. The van der Waals surface area contributed by atoms with Crippen molar-refractivity contribution in [2.75, 3.05) is 0 Å². The topological polar surface area (TPSA) is 40.5 Å². The Kier molecular flexibility index (Phi) is 3.34. The van der Waals surface area contributed by atoms with E-state index in [1.54, 1.807) is 5.57 Å². The van der Waals surface area contributed by atoms with Gasteiger partial charge in [0.15, 0.2) is 0 Å². The Morgan fingerprint density at radius 3 is 2.55 bits per heavy atom. The van der Waals surface area contributed by atoms with Gasteiger partial charge in [-0.05, 0) is 79.4 Å². The van der Waals surface area contributed by atoms with Crippen LogP contribution in [0.15, 0.2) is 11.6 Å². The summed E-state index contributed by atoms with van der Waals surface area (Å²) >= 11 is 0. The van der Waals surface area contributed by atoms with Crippen molar-refractivity contribution < 1.29 is 10.2 Å². The van der Waals surface area contributed by atoms with Crippen LogP contribution in [0.4, 0.5) is 0 Å². The monoisotopic (exact) mass is 304 g/mol. The molecule has 2 N–H and O–H groups in total. The lowest BCUT2D eigenvalue weighted by atomic mass is 9.46. The molecule has 8 atom stereocenters. The molecule has 2 heteroatoms. The predicted octanol–water partition coefficient (Wildman–Crippen LogP) is 3.92. The van der Waals surface area contributed by atoms with Crippen LogP contribution in [0, 0.1) is 34.5 Å². The minimum Gasteiger partial charge on any atom is -0.393 e. The van der Waals surface area contributed by atoms with E-state index in [2.05, 4.69) is 26.8 Å². The fourth-order valence-corrected chi connectivity index (χ4v) is 6.97. The van der Waals surface area contributed by atoms with Crippen molar-refractivity contribution in [3.05, 3.63) is 11.6 Å². The number of hydrogen-bond donors (Lipinski definition) is 2. The van der Waals surface area contributed by atoms with E-state index in [0.29, 0.717) is 17.3 Å². The fraction of sp³-hybridized carbons (Fsp3) is 0.900. The van der Waals surface area contributed by atoms with Gasteiger partial charge < -0.3 is 10.2 Å². The van der Waals surface area contributed by atoms with Crippen molar-refractivity contribution in [1.82, 2.24) is 0 Å². The second kappa shape index (κ2) is 4.83. The van der Waals surface area contributed by atoms with Gasteiger partial charge in [0, 0.05) is 0 Å². The third-order valence-corrected chi connectivity index (χ3v) is 8.36. The van der Waals surface area contributed by atoms with Gasteiger partial charge in [0.1, 0.15) is 0 Å². The number of allylic oxidation sites excluding steroid dienone is 1. The van der Waals surface area contributed by atoms with Crippen molar-refractivity contribution in [1.29, 1.82) is 0 Å². The summed E-state index contributed by atoms with van der Waals surface area (Å²) in [4.78, 5) is 0. The summed E-state index contributed by atoms with van der Waals surface area (Å²) in [6, 6.07) is 0. The number of aliphatic hydroxyl groups excluding tert-OH is 2. The second-order valence-corrected chi connectivity index (χ2v) is 9.29. The summed E-state index contributed by atoms with van der Waals surface area (Å²) in [5.41, 5.74) is 2.01. The normalized spacial score (nSPS) is 57.6. The summed E-state index contributed by atoms with van der Waals surface area (Å²) in [6.45, 7) is 7.22. The van der Waals surface area contributed by atoms with Gasteiger partial charge in [-0.3, -0.25) is 0 Å². The molecule has 0 saturated heterocycles. The average molecular weight is 304 g/mol. The van der Waals surface area contributed by atoms with Crippen LogP contribution >= 0.6 is 0 Å². The van der Waals surface area contributed by atoms with Gasteiger partial charge in [0.2, 0.25) is 0 Å². The molecule has 0 amide bonds. The Balaban J connectivity index is 1.73. The second-order valence-electron chi connectivity index (χ2n) is 9.29. The van der Waals surface area contributed by atoms with Crippen molar-refractivity contribution in [2.45, 2.75) is 77.9 Å². The SMILES string of the molecule is C[C@@H]1C=C2C[C@@H](O)CC[C@]2(C)[C@H]2CC[C@]3(C)[C@@H](O)CC[C@H]3[C@H]12. The molecule has 0 spiro atoms. The summed E-state index contributed by atoms with van der Waals surface area (Å²) in [5, 5.41) is 20.6. The Hall–Kier alpha value is -0.340. The average Bonchev–Trinajstić information content (AvgIpc) is 2.77. The van der Waals surface area contributed by atoms with Crippen LogP contribution < -0.4 is 0 Å². The number of aliphatic hydroxyl groups is 2. The van der Waals surface area contributed by atoms with E-state index in [-0.39, 0.29) is 17.6 Å². The third kappa shape index (κ3) is 1.86. The summed E-state index contributed by atoms with van der Waals surface area (Å²) in [7, 11) is 0. The van der Waals surface area contributed by atoms with Crippen LogP contribution in [-0.4, -0.2) is 22.4 Å². The molecule has 0 aromatic heterocycles. The van der Waals surface area contributed by atoms with E-state index < -0.39 is 0 Å². The molecule has 124 valence electrons. The highest BCUT2D eigenvalue weighted by Crippen LogP contribution is 2.65. The smallest absolute Gasteiger partial charge is 0.0596 e. The van der Waals surface area contributed by atoms with E-state index in [1.165, 1.54) is 19.3 Å². The quantitative estimate of drug-likeness (QED) is 0.666. The maximum Gasteiger partial charge on any atom is 0.0596 e. The Morgan fingerprint density at radius 1 is 1.00 bits per heavy atom. The van der Waals surface area contributed by atoms with Crippen LogP contribution in [0.2, 0.25) is 0 Å². The first-order valence-corrected chi connectivity index (χ1v) is 9.43. The lowest BCUT2D eigenvalue weighted by molar-refractivity contribution is -0.0847. The summed E-state index contributed by atoms with van der Waals surface area (Å²) in [6.07, 6.45) is 10.0. The zero-order valence-electron chi connectivity index (χ0n) is 14.4. The Labute approximate surface area is 135 Å². The van der Waals surface area contributed by atoms with Crippen molar-refractivity contribution in [3.63, 3.8) is 0 Å². The van der Waals surface area contributed by atoms with E-state index in [4.69, 9.17) is 0 Å². The van der Waals surface area contributed by atoms with Crippen LogP contribution in [0.3, 0.4) is 0 Å². The molecule has 0 aliphatic heterocycles. The van der Waals surface area contributed by atoms with Crippen LogP contribution in [-0.2, 0) is 0 Å². The first-order valence-electron chi connectivity index (χ1n) is 9.43.